The fourth-order valence-corrected chi connectivity index (χ4v) is 2.42. The van der Waals surface area contributed by atoms with E-state index < -0.39 is 0 Å². The second-order valence-corrected chi connectivity index (χ2v) is 4.10. The molecule has 0 spiro atoms. The lowest BCUT2D eigenvalue weighted by molar-refractivity contribution is 0.569. The minimum absolute atomic E-state index is 0.929. The highest BCUT2D eigenvalue weighted by atomic mass is 16.1. The third kappa shape index (κ3) is 1.55. The summed E-state index contributed by atoms with van der Waals surface area (Å²) in [5.74, 6) is 1.67. The van der Waals surface area contributed by atoms with Crippen LogP contribution in [-0.2, 0) is 11.2 Å². The molecule has 80 valence electrons. The van der Waals surface area contributed by atoms with Gasteiger partial charge in [-0.25, -0.2) is 4.79 Å². The molecule has 1 aliphatic rings. The Morgan fingerprint density at radius 3 is 2.71 bits per heavy atom. The average molecular weight is 218 g/mol. The normalized spacial score (nSPS) is 11.1. The summed E-state index contributed by atoms with van der Waals surface area (Å²) in [6.07, 6.45) is 2.64. The first-order chi connectivity index (χ1) is 8.40. The van der Waals surface area contributed by atoms with Crippen LogP contribution in [-0.4, -0.2) is 5.94 Å². The van der Waals surface area contributed by atoms with Gasteiger partial charge in [0.25, 0.3) is 0 Å². The Morgan fingerprint density at radius 2 is 1.82 bits per heavy atom. The van der Waals surface area contributed by atoms with Crippen molar-refractivity contribution in [1.29, 1.82) is 0 Å². The SMILES string of the molecule is O=C=C=Cc1cccc2c1Cc1ccccc1-2. The van der Waals surface area contributed by atoms with Gasteiger partial charge < -0.3 is 0 Å². The largest absolute Gasteiger partial charge is 0.224 e. The van der Waals surface area contributed by atoms with Crippen LogP contribution in [0.3, 0.4) is 0 Å². The molecule has 1 heteroatoms. The van der Waals surface area contributed by atoms with Gasteiger partial charge in [-0.15, -0.1) is 0 Å². The Kier molecular flexibility index (Phi) is 2.27. The minimum Gasteiger partial charge on any atom is -0.224 e. The molecule has 1 nitrogen and oxygen atoms in total. The summed E-state index contributed by atoms with van der Waals surface area (Å²) < 4.78 is 0. The summed E-state index contributed by atoms with van der Waals surface area (Å²) in [4.78, 5) is 10.2. The van der Waals surface area contributed by atoms with Crippen LogP contribution < -0.4 is 0 Å². The monoisotopic (exact) mass is 218 g/mol. The highest BCUT2D eigenvalue weighted by molar-refractivity contribution is 5.80. The lowest BCUT2D eigenvalue weighted by Gasteiger charge is -2.02. The number of benzene rings is 2. The van der Waals surface area contributed by atoms with Gasteiger partial charge in [0.05, 0.1) is 0 Å². The van der Waals surface area contributed by atoms with Gasteiger partial charge in [0, 0.05) is 0 Å². The molecular formula is C16H10O. The standard InChI is InChI=1S/C16H10O/c17-10-4-7-12-6-3-9-15-14-8-2-1-5-13(14)11-16(12)15/h1-3,5-9H,11H2. The van der Waals surface area contributed by atoms with Crippen molar-refractivity contribution >= 4 is 12.0 Å². The Hall–Kier alpha value is -2.33. The highest BCUT2D eigenvalue weighted by Crippen LogP contribution is 2.38. The number of carbonyl (C=O) groups excluding carboxylic acids is 1. The lowest BCUT2D eigenvalue weighted by Crippen LogP contribution is -1.85. The van der Waals surface area contributed by atoms with Gasteiger partial charge in [0.1, 0.15) is 0 Å². The van der Waals surface area contributed by atoms with Crippen molar-refractivity contribution in [3.63, 3.8) is 0 Å². The molecule has 3 rings (SSSR count). The quantitative estimate of drug-likeness (QED) is 0.452. The summed E-state index contributed by atoms with van der Waals surface area (Å²) >= 11 is 0. The fourth-order valence-electron chi connectivity index (χ4n) is 2.42. The van der Waals surface area contributed by atoms with E-state index in [-0.39, 0.29) is 0 Å². The molecule has 0 N–H and O–H groups in total. The Balaban J connectivity index is 2.24. The lowest BCUT2D eigenvalue weighted by atomic mass is 10.0. The van der Waals surface area contributed by atoms with E-state index in [0.29, 0.717) is 0 Å². The summed E-state index contributed by atoms with van der Waals surface area (Å²) in [6.45, 7) is 0. The van der Waals surface area contributed by atoms with Gasteiger partial charge >= 0.3 is 0 Å². The molecule has 2 aromatic rings. The van der Waals surface area contributed by atoms with Crippen molar-refractivity contribution in [1.82, 2.24) is 0 Å². The molecule has 0 unspecified atom stereocenters. The molecule has 0 radical (unpaired) electrons. The van der Waals surface area contributed by atoms with Crippen molar-refractivity contribution in [2.75, 3.05) is 0 Å². The second-order valence-electron chi connectivity index (χ2n) is 4.10. The fraction of sp³-hybridized carbons (Fsp3) is 0.0625. The summed E-state index contributed by atoms with van der Waals surface area (Å²) in [6, 6.07) is 14.6. The van der Waals surface area contributed by atoms with Crippen molar-refractivity contribution in [2.45, 2.75) is 6.42 Å². The van der Waals surface area contributed by atoms with Gasteiger partial charge in [0.2, 0.25) is 0 Å². The molecule has 0 saturated carbocycles. The van der Waals surface area contributed by atoms with Gasteiger partial charge in [-0.05, 0) is 46.0 Å². The molecule has 2 aromatic carbocycles. The van der Waals surface area contributed by atoms with E-state index in [4.69, 9.17) is 0 Å². The third-order valence-electron chi connectivity index (χ3n) is 3.17. The summed E-state index contributed by atoms with van der Waals surface area (Å²) in [7, 11) is 0. The topological polar surface area (TPSA) is 17.1 Å². The Bertz CT molecular complexity index is 670. The molecule has 0 fully saturated rings. The molecule has 0 bridgehead atoms. The zero-order valence-electron chi connectivity index (χ0n) is 9.23. The molecule has 17 heavy (non-hydrogen) atoms. The maximum absolute atomic E-state index is 10.2. The van der Waals surface area contributed by atoms with Crippen LogP contribution in [0.1, 0.15) is 16.7 Å². The highest BCUT2D eigenvalue weighted by Gasteiger charge is 2.19. The first kappa shape index (κ1) is 9.86. The van der Waals surface area contributed by atoms with Crippen molar-refractivity contribution < 1.29 is 4.79 Å². The number of rotatable bonds is 1. The van der Waals surface area contributed by atoms with Gasteiger partial charge in [0.15, 0.2) is 5.94 Å². The van der Waals surface area contributed by atoms with Crippen LogP contribution in [0.4, 0.5) is 0 Å². The molecule has 0 amide bonds. The zero-order chi connectivity index (χ0) is 11.7. The predicted octanol–water partition coefficient (Wildman–Crippen LogP) is 3.26. The molecule has 0 aliphatic heterocycles. The Labute approximate surface area is 99.7 Å². The third-order valence-corrected chi connectivity index (χ3v) is 3.17. The van der Waals surface area contributed by atoms with Crippen LogP contribution >= 0.6 is 0 Å². The van der Waals surface area contributed by atoms with E-state index in [9.17, 15) is 4.79 Å². The predicted molar refractivity (Wildman–Crippen MR) is 68.4 cm³/mol. The Morgan fingerprint density at radius 1 is 1.00 bits per heavy atom. The first-order valence-corrected chi connectivity index (χ1v) is 5.56. The van der Waals surface area contributed by atoms with E-state index >= 15 is 0 Å². The maximum atomic E-state index is 10.2. The molecule has 1 aliphatic carbocycles. The smallest absolute Gasteiger partial charge is 0.177 e. The van der Waals surface area contributed by atoms with Gasteiger partial charge in [-0.3, -0.25) is 0 Å². The number of hydrogen-bond acceptors (Lipinski definition) is 1. The zero-order valence-corrected chi connectivity index (χ0v) is 9.23. The second kappa shape index (κ2) is 3.92. The molecule has 0 aromatic heterocycles. The van der Waals surface area contributed by atoms with Gasteiger partial charge in [-0.1, -0.05) is 42.5 Å². The van der Waals surface area contributed by atoms with E-state index in [0.717, 1.165) is 12.0 Å². The number of fused-ring (bicyclic) bond motifs is 3. The molecule has 0 heterocycles. The van der Waals surface area contributed by atoms with Gasteiger partial charge in [-0.2, -0.15) is 0 Å². The van der Waals surface area contributed by atoms with Crippen LogP contribution in [0.15, 0.2) is 48.2 Å². The van der Waals surface area contributed by atoms with Crippen LogP contribution in [0.2, 0.25) is 0 Å². The molecular weight excluding hydrogens is 208 g/mol. The van der Waals surface area contributed by atoms with Crippen molar-refractivity contribution in [3.05, 3.63) is 64.9 Å². The van der Waals surface area contributed by atoms with Crippen LogP contribution in [0.5, 0.6) is 0 Å². The van der Waals surface area contributed by atoms with Crippen LogP contribution in [0, 0.1) is 0 Å². The molecule has 0 saturated heterocycles. The van der Waals surface area contributed by atoms with E-state index in [2.05, 4.69) is 36.1 Å². The maximum Gasteiger partial charge on any atom is 0.177 e. The van der Waals surface area contributed by atoms with Crippen molar-refractivity contribution in [3.8, 4) is 11.1 Å². The van der Waals surface area contributed by atoms with E-state index in [1.54, 1.807) is 12.0 Å². The van der Waals surface area contributed by atoms with E-state index in [1.165, 1.54) is 22.3 Å². The average Bonchev–Trinajstić information content (AvgIpc) is 2.75. The first-order valence-electron chi connectivity index (χ1n) is 5.56. The van der Waals surface area contributed by atoms with Crippen molar-refractivity contribution in [2.24, 2.45) is 0 Å². The van der Waals surface area contributed by atoms with E-state index in [1.807, 2.05) is 12.1 Å². The summed E-state index contributed by atoms with van der Waals surface area (Å²) in [5, 5.41) is 0. The minimum atomic E-state index is 0.929. The van der Waals surface area contributed by atoms with Crippen LogP contribution in [0.25, 0.3) is 17.2 Å². The summed E-state index contributed by atoms with van der Waals surface area (Å²) in [5.41, 5.74) is 8.73. The number of hydrogen-bond donors (Lipinski definition) is 0. The molecule has 0 atom stereocenters.